The average molecular weight is 230 g/mol. The Balaban J connectivity index is 2.92. The molecule has 0 saturated carbocycles. The number of hydrogen-bond acceptors (Lipinski definition) is 4. The van der Waals surface area contributed by atoms with Gasteiger partial charge in [0.05, 0.1) is 11.2 Å². The molecular formula is C10H12ClNO3. The Morgan fingerprint density at radius 1 is 1.53 bits per heavy atom. The lowest BCUT2D eigenvalue weighted by Gasteiger charge is -2.19. The first-order valence-electron chi connectivity index (χ1n) is 4.37. The standard InChI is InChI=1S/C10H12ClNO3/c1-10(2,3)15-9(14)8-7(11)4-6(13)5-12-8/h4-5,13H,1-3H3. The van der Waals surface area contributed by atoms with Crippen LogP contribution in [0.25, 0.3) is 0 Å². The van der Waals surface area contributed by atoms with Gasteiger partial charge < -0.3 is 9.84 Å². The molecule has 0 aliphatic heterocycles. The summed E-state index contributed by atoms with van der Waals surface area (Å²) in [7, 11) is 0. The largest absolute Gasteiger partial charge is 0.506 e. The first kappa shape index (κ1) is 11.8. The molecule has 0 saturated heterocycles. The van der Waals surface area contributed by atoms with E-state index in [4.69, 9.17) is 21.4 Å². The average Bonchev–Trinajstić information content (AvgIpc) is 1.99. The van der Waals surface area contributed by atoms with Crippen LogP contribution in [0.15, 0.2) is 12.3 Å². The van der Waals surface area contributed by atoms with Crippen molar-refractivity contribution < 1.29 is 14.6 Å². The van der Waals surface area contributed by atoms with Crippen LogP contribution in [0.1, 0.15) is 31.3 Å². The van der Waals surface area contributed by atoms with E-state index in [9.17, 15) is 4.79 Å². The second-order valence-corrected chi connectivity index (χ2v) is 4.43. The van der Waals surface area contributed by atoms with Crippen LogP contribution in [0.5, 0.6) is 5.75 Å². The van der Waals surface area contributed by atoms with Gasteiger partial charge in [-0.15, -0.1) is 0 Å². The highest BCUT2D eigenvalue weighted by atomic mass is 35.5. The van der Waals surface area contributed by atoms with Gasteiger partial charge in [-0.3, -0.25) is 0 Å². The number of esters is 1. The van der Waals surface area contributed by atoms with Crippen molar-refractivity contribution in [3.05, 3.63) is 23.0 Å². The van der Waals surface area contributed by atoms with Gasteiger partial charge in [-0.2, -0.15) is 0 Å². The van der Waals surface area contributed by atoms with Crippen molar-refractivity contribution in [3.8, 4) is 5.75 Å². The normalized spacial score (nSPS) is 11.2. The predicted molar refractivity (Wildman–Crippen MR) is 56.1 cm³/mol. The molecule has 1 aromatic heterocycles. The lowest BCUT2D eigenvalue weighted by atomic mass is 10.2. The van der Waals surface area contributed by atoms with E-state index in [2.05, 4.69) is 4.98 Å². The van der Waals surface area contributed by atoms with E-state index in [0.29, 0.717) is 0 Å². The summed E-state index contributed by atoms with van der Waals surface area (Å²) in [4.78, 5) is 15.2. The van der Waals surface area contributed by atoms with E-state index >= 15 is 0 Å². The van der Waals surface area contributed by atoms with E-state index in [-0.39, 0.29) is 16.5 Å². The van der Waals surface area contributed by atoms with E-state index in [1.54, 1.807) is 20.8 Å². The number of aromatic hydroxyl groups is 1. The fourth-order valence-electron chi connectivity index (χ4n) is 0.904. The predicted octanol–water partition coefficient (Wildman–Crippen LogP) is 2.40. The Labute approximate surface area is 92.8 Å². The molecule has 0 spiro atoms. The smallest absolute Gasteiger partial charge is 0.359 e. The molecule has 1 N–H and O–H groups in total. The molecule has 1 heterocycles. The molecule has 0 aromatic carbocycles. The number of carbonyl (C=O) groups is 1. The monoisotopic (exact) mass is 229 g/mol. The highest BCUT2D eigenvalue weighted by Crippen LogP contribution is 2.21. The number of pyridine rings is 1. The van der Waals surface area contributed by atoms with Crippen molar-refractivity contribution in [1.82, 2.24) is 4.98 Å². The lowest BCUT2D eigenvalue weighted by Crippen LogP contribution is -2.24. The van der Waals surface area contributed by atoms with Crippen LogP contribution in [-0.2, 0) is 4.74 Å². The zero-order valence-electron chi connectivity index (χ0n) is 8.74. The van der Waals surface area contributed by atoms with Gasteiger partial charge in [-0.05, 0) is 20.8 Å². The van der Waals surface area contributed by atoms with Gasteiger partial charge in [0.25, 0.3) is 0 Å². The van der Waals surface area contributed by atoms with Gasteiger partial charge in [0.1, 0.15) is 11.4 Å². The molecule has 1 rings (SSSR count). The Kier molecular flexibility index (Phi) is 3.19. The molecule has 0 unspecified atom stereocenters. The van der Waals surface area contributed by atoms with Crippen LogP contribution in [0.2, 0.25) is 5.02 Å². The first-order chi connectivity index (χ1) is 6.79. The molecule has 5 heteroatoms. The maximum absolute atomic E-state index is 11.5. The van der Waals surface area contributed by atoms with Gasteiger partial charge in [-0.25, -0.2) is 9.78 Å². The fraction of sp³-hybridized carbons (Fsp3) is 0.400. The molecule has 0 aliphatic carbocycles. The third kappa shape index (κ3) is 3.40. The summed E-state index contributed by atoms with van der Waals surface area (Å²) < 4.78 is 5.08. The number of nitrogens with zero attached hydrogens (tertiary/aromatic N) is 1. The molecular weight excluding hydrogens is 218 g/mol. The number of carbonyl (C=O) groups excluding carboxylic acids is 1. The summed E-state index contributed by atoms with van der Waals surface area (Å²) in [6.07, 6.45) is 1.14. The number of rotatable bonds is 1. The van der Waals surface area contributed by atoms with Crippen LogP contribution in [-0.4, -0.2) is 21.7 Å². The maximum atomic E-state index is 11.5. The molecule has 0 aliphatic rings. The fourth-order valence-corrected chi connectivity index (χ4v) is 1.14. The van der Waals surface area contributed by atoms with E-state index in [1.165, 1.54) is 6.07 Å². The zero-order valence-corrected chi connectivity index (χ0v) is 9.50. The Morgan fingerprint density at radius 2 is 2.13 bits per heavy atom. The summed E-state index contributed by atoms with van der Waals surface area (Å²) in [5, 5.41) is 9.13. The minimum atomic E-state index is -0.604. The van der Waals surface area contributed by atoms with Gasteiger partial charge >= 0.3 is 5.97 Å². The summed E-state index contributed by atoms with van der Waals surface area (Å²) >= 11 is 5.73. The molecule has 82 valence electrons. The number of ether oxygens (including phenoxy) is 1. The second kappa shape index (κ2) is 4.06. The van der Waals surface area contributed by atoms with Gasteiger partial charge in [0, 0.05) is 6.07 Å². The quantitative estimate of drug-likeness (QED) is 0.752. The molecule has 0 radical (unpaired) electrons. The summed E-state index contributed by atoms with van der Waals surface area (Å²) in [6.45, 7) is 5.25. The van der Waals surface area contributed by atoms with Crippen LogP contribution in [0.3, 0.4) is 0 Å². The van der Waals surface area contributed by atoms with E-state index in [1.807, 2.05) is 0 Å². The van der Waals surface area contributed by atoms with E-state index < -0.39 is 11.6 Å². The zero-order chi connectivity index (χ0) is 11.6. The third-order valence-corrected chi connectivity index (χ3v) is 1.71. The van der Waals surface area contributed by atoms with E-state index in [0.717, 1.165) is 6.20 Å². The second-order valence-electron chi connectivity index (χ2n) is 4.03. The highest BCUT2D eigenvalue weighted by Gasteiger charge is 2.21. The van der Waals surface area contributed by atoms with Crippen LogP contribution in [0.4, 0.5) is 0 Å². The molecule has 4 nitrogen and oxygen atoms in total. The summed E-state index contributed by atoms with van der Waals surface area (Å²) in [5.74, 6) is -0.695. The molecule has 1 aromatic rings. The van der Waals surface area contributed by atoms with Crippen molar-refractivity contribution in [3.63, 3.8) is 0 Å². The lowest BCUT2D eigenvalue weighted by molar-refractivity contribution is 0.00631. The Hall–Kier alpha value is -1.29. The molecule has 0 fully saturated rings. The van der Waals surface area contributed by atoms with Crippen molar-refractivity contribution in [2.75, 3.05) is 0 Å². The van der Waals surface area contributed by atoms with Crippen molar-refractivity contribution in [2.24, 2.45) is 0 Å². The molecule has 0 amide bonds. The highest BCUT2D eigenvalue weighted by molar-refractivity contribution is 6.33. The topological polar surface area (TPSA) is 59.4 Å². The number of halogens is 1. The maximum Gasteiger partial charge on any atom is 0.359 e. The summed E-state index contributed by atoms with van der Waals surface area (Å²) in [6, 6.07) is 1.24. The van der Waals surface area contributed by atoms with Gasteiger partial charge in [0.2, 0.25) is 0 Å². The van der Waals surface area contributed by atoms with Crippen LogP contribution < -0.4 is 0 Å². The van der Waals surface area contributed by atoms with Crippen molar-refractivity contribution in [1.29, 1.82) is 0 Å². The van der Waals surface area contributed by atoms with Crippen molar-refractivity contribution in [2.45, 2.75) is 26.4 Å². The van der Waals surface area contributed by atoms with Crippen LogP contribution in [0, 0.1) is 0 Å². The SMILES string of the molecule is CC(C)(C)OC(=O)c1ncc(O)cc1Cl. The molecule has 0 atom stereocenters. The number of aromatic nitrogens is 1. The van der Waals surface area contributed by atoms with Crippen molar-refractivity contribution >= 4 is 17.6 Å². The van der Waals surface area contributed by atoms with Gasteiger partial charge in [0.15, 0.2) is 5.69 Å². The Morgan fingerprint density at radius 3 is 2.60 bits per heavy atom. The Bertz CT molecular complexity index is 385. The first-order valence-corrected chi connectivity index (χ1v) is 4.75. The minimum absolute atomic E-state index is 0.00407. The third-order valence-electron chi connectivity index (χ3n) is 1.42. The minimum Gasteiger partial charge on any atom is -0.506 e. The number of hydrogen-bond donors (Lipinski definition) is 1. The molecule has 15 heavy (non-hydrogen) atoms. The van der Waals surface area contributed by atoms with Crippen LogP contribution >= 0.6 is 11.6 Å². The molecule has 0 bridgehead atoms. The van der Waals surface area contributed by atoms with Gasteiger partial charge in [-0.1, -0.05) is 11.6 Å². The summed E-state index contributed by atoms with van der Waals surface area (Å²) in [5.41, 5.74) is -0.593.